The van der Waals surface area contributed by atoms with E-state index < -0.39 is 0 Å². The van der Waals surface area contributed by atoms with Crippen molar-refractivity contribution in [2.24, 2.45) is 0 Å². The normalized spacial score (nSPS) is 17.8. The molecule has 1 aliphatic rings. The minimum absolute atomic E-state index is 0.137. The number of piperazine rings is 1. The molecule has 1 atom stereocenters. The van der Waals surface area contributed by atoms with Gasteiger partial charge in [0.25, 0.3) is 0 Å². The highest BCUT2D eigenvalue weighted by Gasteiger charge is 2.24. The molecular weight excluding hydrogens is 328 g/mol. The SMILES string of the molecule is CN1CCN(C(CNC(=O)Nc2cccs2)c2ccsc2)CC1. The number of hydrogen-bond acceptors (Lipinski definition) is 5. The first-order valence-corrected chi connectivity index (χ1v) is 9.57. The van der Waals surface area contributed by atoms with Gasteiger partial charge in [0, 0.05) is 32.7 Å². The number of anilines is 1. The van der Waals surface area contributed by atoms with Gasteiger partial charge in [-0.15, -0.1) is 11.3 Å². The zero-order valence-electron chi connectivity index (χ0n) is 13.2. The van der Waals surface area contributed by atoms with Crippen LogP contribution in [0.5, 0.6) is 0 Å². The Hall–Kier alpha value is -1.41. The summed E-state index contributed by atoms with van der Waals surface area (Å²) in [5.74, 6) is 0. The van der Waals surface area contributed by atoms with Gasteiger partial charge in [-0.3, -0.25) is 10.2 Å². The average molecular weight is 351 g/mol. The largest absolute Gasteiger partial charge is 0.336 e. The fourth-order valence-electron chi connectivity index (χ4n) is 2.75. The van der Waals surface area contributed by atoms with E-state index in [1.165, 1.54) is 16.9 Å². The molecule has 0 aliphatic carbocycles. The highest BCUT2D eigenvalue weighted by atomic mass is 32.1. The fraction of sp³-hybridized carbons (Fsp3) is 0.438. The molecule has 1 fully saturated rings. The number of likely N-dealkylation sites (N-methyl/N-ethyl adjacent to an activating group) is 1. The van der Waals surface area contributed by atoms with E-state index in [1.807, 2.05) is 17.5 Å². The maximum Gasteiger partial charge on any atom is 0.319 e. The van der Waals surface area contributed by atoms with Crippen molar-refractivity contribution in [1.82, 2.24) is 15.1 Å². The molecule has 23 heavy (non-hydrogen) atoms. The zero-order valence-corrected chi connectivity index (χ0v) is 14.8. The smallest absolute Gasteiger partial charge is 0.319 e. The molecule has 1 unspecified atom stereocenters. The summed E-state index contributed by atoms with van der Waals surface area (Å²) in [5.41, 5.74) is 1.29. The van der Waals surface area contributed by atoms with E-state index in [4.69, 9.17) is 0 Å². The van der Waals surface area contributed by atoms with Crippen molar-refractivity contribution in [3.63, 3.8) is 0 Å². The molecule has 0 bridgehead atoms. The summed E-state index contributed by atoms with van der Waals surface area (Å²) in [6.45, 7) is 4.83. The summed E-state index contributed by atoms with van der Waals surface area (Å²) in [6, 6.07) is 6.09. The van der Waals surface area contributed by atoms with Crippen LogP contribution >= 0.6 is 22.7 Å². The first-order valence-electron chi connectivity index (χ1n) is 7.75. The van der Waals surface area contributed by atoms with Crippen molar-refractivity contribution in [2.45, 2.75) is 6.04 Å². The van der Waals surface area contributed by atoms with Crippen LogP contribution in [-0.4, -0.2) is 55.6 Å². The monoisotopic (exact) mass is 350 g/mol. The molecule has 5 nitrogen and oxygen atoms in total. The Kier molecular flexibility index (Phi) is 5.66. The molecule has 7 heteroatoms. The number of hydrogen-bond donors (Lipinski definition) is 2. The molecule has 0 radical (unpaired) electrons. The highest BCUT2D eigenvalue weighted by molar-refractivity contribution is 7.14. The third-order valence-electron chi connectivity index (χ3n) is 4.12. The van der Waals surface area contributed by atoms with Crippen molar-refractivity contribution in [3.05, 3.63) is 39.9 Å². The van der Waals surface area contributed by atoms with Crippen LogP contribution in [-0.2, 0) is 0 Å². The van der Waals surface area contributed by atoms with Crippen LogP contribution < -0.4 is 10.6 Å². The van der Waals surface area contributed by atoms with Crippen molar-refractivity contribution in [1.29, 1.82) is 0 Å². The van der Waals surface area contributed by atoms with Crippen LogP contribution in [0.1, 0.15) is 11.6 Å². The maximum absolute atomic E-state index is 12.1. The van der Waals surface area contributed by atoms with Crippen LogP contribution in [0.25, 0.3) is 0 Å². The van der Waals surface area contributed by atoms with E-state index >= 15 is 0 Å². The molecule has 1 aliphatic heterocycles. The average Bonchev–Trinajstić information content (AvgIpc) is 3.23. The first kappa shape index (κ1) is 16.4. The number of nitrogens with one attached hydrogen (secondary N) is 2. The standard InChI is InChI=1S/C16H22N4OS2/c1-19-5-7-20(8-6-19)14(13-4-10-22-12-13)11-17-16(21)18-15-3-2-9-23-15/h2-4,9-10,12,14H,5-8,11H2,1H3,(H2,17,18,21). The lowest BCUT2D eigenvalue weighted by Gasteiger charge is -2.37. The Bertz CT molecular complexity index is 592. The van der Waals surface area contributed by atoms with Gasteiger partial charge in [0.2, 0.25) is 0 Å². The van der Waals surface area contributed by atoms with Crippen molar-refractivity contribution >= 4 is 33.7 Å². The second-order valence-electron chi connectivity index (χ2n) is 5.72. The Morgan fingerprint density at radius 1 is 1.26 bits per heavy atom. The molecular formula is C16H22N4OS2. The van der Waals surface area contributed by atoms with Crippen LogP contribution in [0.2, 0.25) is 0 Å². The lowest BCUT2D eigenvalue weighted by atomic mass is 10.1. The molecule has 1 saturated heterocycles. The van der Waals surface area contributed by atoms with Gasteiger partial charge in [0.1, 0.15) is 0 Å². The summed E-state index contributed by atoms with van der Waals surface area (Å²) in [5, 5.41) is 13.0. The van der Waals surface area contributed by atoms with Gasteiger partial charge < -0.3 is 10.2 Å². The second kappa shape index (κ2) is 7.92. The fourth-order valence-corrected chi connectivity index (χ4v) is 4.07. The van der Waals surface area contributed by atoms with E-state index in [1.54, 1.807) is 11.3 Å². The van der Waals surface area contributed by atoms with Crippen LogP contribution in [0.4, 0.5) is 9.80 Å². The number of thiophene rings is 2. The Morgan fingerprint density at radius 3 is 2.74 bits per heavy atom. The molecule has 124 valence electrons. The summed E-state index contributed by atoms with van der Waals surface area (Å²) < 4.78 is 0. The molecule has 3 heterocycles. The van der Waals surface area contributed by atoms with Gasteiger partial charge in [-0.1, -0.05) is 0 Å². The van der Waals surface area contributed by atoms with Gasteiger partial charge in [-0.25, -0.2) is 4.79 Å². The lowest BCUT2D eigenvalue weighted by molar-refractivity contribution is 0.111. The number of nitrogens with zero attached hydrogens (tertiary/aromatic N) is 2. The first-order chi connectivity index (χ1) is 11.2. The van der Waals surface area contributed by atoms with Crippen LogP contribution in [0.3, 0.4) is 0 Å². The topological polar surface area (TPSA) is 47.6 Å². The Morgan fingerprint density at radius 2 is 2.09 bits per heavy atom. The molecule has 2 amide bonds. The van der Waals surface area contributed by atoms with E-state index in [9.17, 15) is 4.79 Å². The summed E-state index contributed by atoms with van der Waals surface area (Å²) in [7, 11) is 2.16. The van der Waals surface area contributed by atoms with Crippen molar-refractivity contribution in [2.75, 3.05) is 45.1 Å². The Labute approximate surface area is 144 Å². The van der Waals surface area contributed by atoms with Crippen molar-refractivity contribution in [3.8, 4) is 0 Å². The number of amides is 2. The molecule has 0 spiro atoms. The summed E-state index contributed by atoms with van der Waals surface area (Å²) >= 11 is 3.23. The summed E-state index contributed by atoms with van der Waals surface area (Å²) in [4.78, 5) is 16.9. The van der Waals surface area contributed by atoms with Crippen LogP contribution in [0.15, 0.2) is 34.3 Å². The predicted octanol–water partition coefficient (Wildman–Crippen LogP) is 2.92. The molecule has 2 N–H and O–H groups in total. The summed E-state index contributed by atoms with van der Waals surface area (Å²) in [6.07, 6.45) is 0. The maximum atomic E-state index is 12.1. The lowest BCUT2D eigenvalue weighted by Crippen LogP contribution is -2.48. The second-order valence-corrected chi connectivity index (χ2v) is 7.45. The third kappa shape index (κ3) is 4.54. The minimum atomic E-state index is -0.137. The molecule has 3 rings (SSSR count). The Balaban J connectivity index is 1.59. The van der Waals surface area contributed by atoms with Gasteiger partial charge in [-0.05, 0) is 47.0 Å². The van der Waals surface area contributed by atoms with E-state index in [0.717, 1.165) is 31.2 Å². The number of rotatable bonds is 5. The minimum Gasteiger partial charge on any atom is -0.336 e. The molecule has 2 aromatic heterocycles. The highest BCUT2D eigenvalue weighted by Crippen LogP contribution is 2.23. The molecule has 0 aromatic carbocycles. The van der Waals surface area contributed by atoms with E-state index in [0.29, 0.717) is 6.54 Å². The van der Waals surface area contributed by atoms with Crippen molar-refractivity contribution < 1.29 is 4.79 Å². The van der Waals surface area contributed by atoms with Gasteiger partial charge in [0.05, 0.1) is 11.0 Å². The molecule has 2 aromatic rings. The number of carbonyl (C=O) groups is 1. The predicted molar refractivity (Wildman–Crippen MR) is 97.5 cm³/mol. The third-order valence-corrected chi connectivity index (χ3v) is 5.61. The van der Waals surface area contributed by atoms with E-state index in [2.05, 4.69) is 44.3 Å². The van der Waals surface area contributed by atoms with Gasteiger partial charge in [0.15, 0.2) is 0 Å². The molecule has 0 saturated carbocycles. The van der Waals surface area contributed by atoms with Gasteiger partial charge in [-0.2, -0.15) is 11.3 Å². The number of urea groups is 1. The van der Waals surface area contributed by atoms with E-state index in [-0.39, 0.29) is 12.1 Å². The quantitative estimate of drug-likeness (QED) is 0.872. The van der Waals surface area contributed by atoms with Gasteiger partial charge >= 0.3 is 6.03 Å². The van der Waals surface area contributed by atoms with Crippen LogP contribution in [0, 0.1) is 0 Å². The zero-order chi connectivity index (χ0) is 16.1. The number of carbonyl (C=O) groups excluding carboxylic acids is 1.